The zero-order chi connectivity index (χ0) is 19.4. The number of methoxy groups -OCH3 is 1. The molecule has 0 aliphatic heterocycles. The fraction of sp³-hybridized carbons (Fsp3) is 0.333. The Hall–Kier alpha value is -3.22. The summed E-state index contributed by atoms with van der Waals surface area (Å²) >= 11 is 0. The second-order valence-corrected chi connectivity index (χ2v) is 7.07. The molecule has 3 aromatic rings. The third kappa shape index (κ3) is 3.47. The predicted molar refractivity (Wildman–Crippen MR) is 106 cm³/mol. The third-order valence-corrected chi connectivity index (χ3v) is 5.44. The number of hydrogen-bond donors (Lipinski definition) is 1. The SMILES string of the molecule is COc1ccc(C2(C(=O)Nc3ccc(-n4cncn4)nc3)CCCCC2)cc1. The lowest BCUT2D eigenvalue weighted by Crippen LogP contribution is -2.42. The quantitative estimate of drug-likeness (QED) is 0.736. The Kier molecular flexibility index (Phi) is 5.06. The van der Waals surface area contributed by atoms with Crippen LogP contribution in [0.15, 0.2) is 55.2 Å². The standard InChI is InChI=1S/C21H23N5O2/c1-28-18-8-5-16(6-9-18)21(11-3-2-4-12-21)20(27)25-17-7-10-19(23-13-17)26-15-22-14-24-26/h5-10,13-15H,2-4,11-12H2,1H3,(H,25,27). The molecule has 0 bridgehead atoms. The van der Waals surface area contributed by atoms with E-state index < -0.39 is 5.41 Å². The van der Waals surface area contributed by atoms with Gasteiger partial charge in [0.1, 0.15) is 18.4 Å². The van der Waals surface area contributed by atoms with Crippen LogP contribution >= 0.6 is 0 Å². The van der Waals surface area contributed by atoms with Gasteiger partial charge in [0, 0.05) is 0 Å². The maximum atomic E-state index is 13.4. The summed E-state index contributed by atoms with van der Waals surface area (Å²) in [5.74, 6) is 1.47. The van der Waals surface area contributed by atoms with E-state index in [1.54, 1.807) is 24.3 Å². The topological polar surface area (TPSA) is 81.9 Å². The molecule has 144 valence electrons. The molecule has 1 aromatic carbocycles. The molecule has 28 heavy (non-hydrogen) atoms. The van der Waals surface area contributed by atoms with Crippen LogP contribution in [0.2, 0.25) is 0 Å². The van der Waals surface area contributed by atoms with Gasteiger partial charge in [-0.25, -0.2) is 14.6 Å². The number of hydrogen-bond acceptors (Lipinski definition) is 5. The number of rotatable bonds is 5. The Morgan fingerprint density at radius 1 is 1.11 bits per heavy atom. The van der Waals surface area contributed by atoms with Crippen LogP contribution in [0.4, 0.5) is 5.69 Å². The first kappa shape index (κ1) is 18.2. The number of anilines is 1. The zero-order valence-corrected chi connectivity index (χ0v) is 15.8. The fourth-order valence-corrected chi connectivity index (χ4v) is 3.88. The molecule has 4 rings (SSSR count). The summed E-state index contributed by atoms with van der Waals surface area (Å²) in [4.78, 5) is 21.6. The van der Waals surface area contributed by atoms with Crippen molar-refractivity contribution in [3.05, 3.63) is 60.8 Å². The summed E-state index contributed by atoms with van der Waals surface area (Å²) in [6.45, 7) is 0. The number of amides is 1. The Balaban J connectivity index is 1.57. The molecule has 7 nitrogen and oxygen atoms in total. The van der Waals surface area contributed by atoms with Gasteiger partial charge in [0.2, 0.25) is 5.91 Å². The molecule has 2 aromatic heterocycles. The number of carbonyl (C=O) groups is 1. The number of ether oxygens (including phenoxy) is 1. The summed E-state index contributed by atoms with van der Waals surface area (Å²) in [5.41, 5.74) is 1.19. The van der Waals surface area contributed by atoms with Crippen LogP contribution in [0.3, 0.4) is 0 Å². The minimum Gasteiger partial charge on any atom is -0.497 e. The number of nitrogens with one attached hydrogen (secondary N) is 1. The van der Waals surface area contributed by atoms with Gasteiger partial charge in [-0.05, 0) is 42.7 Å². The van der Waals surface area contributed by atoms with Crippen LogP contribution in [0, 0.1) is 0 Å². The molecular formula is C21H23N5O2. The van der Waals surface area contributed by atoms with Crippen molar-refractivity contribution in [2.24, 2.45) is 0 Å². The van der Waals surface area contributed by atoms with E-state index in [1.807, 2.05) is 36.4 Å². The summed E-state index contributed by atoms with van der Waals surface area (Å²) in [5, 5.41) is 7.13. The highest BCUT2D eigenvalue weighted by Gasteiger charge is 2.41. The average molecular weight is 377 g/mol. The summed E-state index contributed by atoms with van der Waals surface area (Å²) in [7, 11) is 1.65. The van der Waals surface area contributed by atoms with Crippen LogP contribution < -0.4 is 10.1 Å². The molecule has 0 spiro atoms. The van der Waals surface area contributed by atoms with Crippen molar-refractivity contribution in [1.82, 2.24) is 19.7 Å². The van der Waals surface area contributed by atoms with Crippen molar-refractivity contribution in [1.29, 1.82) is 0 Å². The third-order valence-electron chi connectivity index (χ3n) is 5.44. The number of nitrogens with zero attached hydrogens (tertiary/aromatic N) is 4. The van der Waals surface area contributed by atoms with Crippen LogP contribution in [-0.4, -0.2) is 32.8 Å². The van der Waals surface area contributed by atoms with Gasteiger partial charge in [-0.3, -0.25) is 4.79 Å². The molecule has 1 aliphatic rings. The number of carbonyl (C=O) groups excluding carboxylic acids is 1. The van der Waals surface area contributed by atoms with Crippen molar-refractivity contribution in [2.45, 2.75) is 37.5 Å². The minimum atomic E-state index is -0.519. The largest absolute Gasteiger partial charge is 0.497 e. The first-order chi connectivity index (χ1) is 13.7. The van der Waals surface area contributed by atoms with Crippen LogP contribution in [0.25, 0.3) is 5.82 Å². The van der Waals surface area contributed by atoms with E-state index in [9.17, 15) is 4.79 Å². The van der Waals surface area contributed by atoms with Gasteiger partial charge >= 0.3 is 0 Å². The van der Waals surface area contributed by atoms with Crippen molar-refractivity contribution in [3.63, 3.8) is 0 Å². The van der Waals surface area contributed by atoms with E-state index in [1.165, 1.54) is 12.7 Å². The molecule has 1 saturated carbocycles. The lowest BCUT2D eigenvalue weighted by molar-refractivity contribution is -0.122. The molecule has 0 unspecified atom stereocenters. The maximum absolute atomic E-state index is 13.4. The lowest BCUT2D eigenvalue weighted by atomic mass is 9.68. The van der Waals surface area contributed by atoms with Gasteiger partial charge < -0.3 is 10.1 Å². The van der Waals surface area contributed by atoms with E-state index >= 15 is 0 Å². The second kappa shape index (κ2) is 7.80. The highest BCUT2D eigenvalue weighted by atomic mass is 16.5. The molecule has 1 amide bonds. The van der Waals surface area contributed by atoms with Crippen LogP contribution in [-0.2, 0) is 10.2 Å². The molecule has 7 heteroatoms. The predicted octanol–water partition coefficient (Wildman–Crippen LogP) is 3.51. The molecule has 0 saturated heterocycles. The van der Waals surface area contributed by atoms with Gasteiger partial charge in [-0.2, -0.15) is 5.10 Å². The molecule has 1 aliphatic carbocycles. The van der Waals surface area contributed by atoms with E-state index in [4.69, 9.17) is 4.74 Å². The molecule has 0 radical (unpaired) electrons. The summed E-state index contributed by atoms with van der Waals surface area (Å²) in [6, 6.07) is 11.5. The lowest BCUT2D eigenvalue weighted by Gasteiger charge is -2.36. The second-order valence-electron chi connectivity index (χ2n) is 7.07. The smallest absolute Gasteiger partial charge is 0.235 e. The Morgan fingerprint density at radius 2 is 1.89 bits per heavy atom. The first-order valence-corrected chi connectivity index (χ1v) is 9.48. The fourth-order valence-electron chi connectivity index (χ4n) is 3.88. The van der Waals surface area contributed by atoms with Gasteiger partial charge in [0.25, 0.3) is 0 Å². The highest BCUT2D eigenvalue weighted by molar-refractivity contribution is 5.99. The minimum absolute atomic E-state index is 0.0210. The average Bonchev–Trinajstić information content (AvgIpc) is 3.30. The van der Waals surface area contributed by atoms with Gasteiger partial charge in [0.15, 0.2) is 5.82 Å². The Bertz CT molecular complexity index is 914. The normalized spacial score (nSPS) is 15.8. The van der Waals surface area contributed by atoms with E-state index in [0.717, 1.165) is 37.0 Å². The molecule has 1 N–H and O–H groups in total. The summed E-state index contributed by atoms with van der Waals surface area (Å²) < 4.78 is 6.84. The number of benzene rings is 1. The van der Waals surface area contributed by atoms with Gasteiger partial charge in [-0.1, -0.05) is 31.4 Å². The van der Waals surface area contributed by atoms with Crippen molar-refractivity contribution >= 4 is 11.6 Å². The van der Waals surface area contributed by atoms with Crippen LogP contribution in [0.5, 0.6) is 5.75 Å². The van der Waals surface area contributed by atoms with E-state index in [-0.39, 0.29) is 5.91 Å². The van der Waals surface area contributed by atoms with Crippen molar-refractivity contribution in [3.8, 4) is 11.6 Å². The van der Waals surface area contributed by atoms with Crippen LogP contribution in [0.1, 0.15) is 37.7 Å². The highest BCUT2D eigenvalue weighted by Crippen LogP contribution is 2.41. The van der Waals surface area contributed by atoms with Crippen molar-refractivity contribution in [2.75, 3.05) is 12.4 Å². The Morgan fingerprint density at radius 3 is 2.50 bits per heavy atom. The summed E-state index contributed by atoms with van der Waals surface area (Å²) in [6.07, 6.45) is 9.64. The number of pyridine rings is 1. The molecule has 0 atom stereocenters. The van der Waals surface area contributed by atoms with Gasteiger partial charge in [-0.15, -0.1) is 0 Å². The molecule has 2 heterocycles. The molecular weight excluding hydrogens is 354 g/mol. The first-order valence-electron chi connectivity index (χ1n) is 9.48. The van der Waals surface area contributed by atoms with Crippen molar-refractivity contribution < 1.29 is 9.53 Å². The molecule has 1 fully saturated rings. The van der Waals surface area contributed by atoms with E-state index in [0.29, 0.717) is 11.5 Å². The monoisotopic (exact) mass is 377 g/mol. The number of aromatic nitrogens is 4. The van der Waals surface area contributed by atoms with E-state index in [2.05, 4.69) is 20.4 Å². The Labute approximate surface area is 163 Å². The maximum Gasteiger partial charge on any atom is 0.235 e. The zero-order valence-electron chi connectivity index (χ0n) is 15.8. The van der Waals surface area contributed by atoms with Gasteiger partial charge in [0.05, 0.1) is 24.4 Å².